The van der Waals surface area contributed by atoms with Gasteiger partial charge in [0, 0.05) is 76.1 Å². The van der Waals surface area contributed by atoms with Gasteiger partial charge in [-0.2, -0.15) is 13.2 Å². The maximum atomic E-state index is 14.6. The first-order valence-corrected chi connectivity index (χ1v) is 13.1. The maximum Gasteiger partial charge on any atom is 0.430 e. The number of alkyl halides is 3. The minimum Gasteiger partial charge on any atom is -0.369 e. The van der Waals surface area contributed by atoms with Gasteiger partial charge in [0.25, 0.3) is 17.4 Å². The number of aliphatic hydroxyl groups is 1. The van der Waals surface area contributed by atoms with E-state index in [1.807, 2.05) is 4.90 Å². The number of likely N-dealkylation sites (tertiary alicyclic amines) is 1. The largest absolute Gasteiger partial charge is 0.430 e. The van der Waals surface area contributed by atoms with Gasteiger partial charge in [0.2, 0.25) is 0 Å². The van der Waals surface area contributed by atoms with Crippen molar-refractivity contribution in [1.29, 1.82) is 0 Å². The average Bonchev–Trinajstić information content (AvgIpc) is 2.86. The number of anilines is 1. The van der Waals surface area contributed by atoms with Gasteiger partial charge < -0.3 is 19.8 Å². The molecule has 1 spiro atoms. The van der Waals surface area contributed by atoms with Crippen molar-refractivity contribution in [3.63, 3.8) is 0 Å². The molecule has 216 valence electrons. The number of amides is 2. The van der Waals surface area contributed by atoms with E-state index in [-0.39, 0.29) is 24.5 Å². The van der Waals surface area contributed by atoms with E-state index in [1.54, 1.807) is 0 Å². The molecule has 0 bridgehead atoms. The first-order valence-electron chi connectivity index (χ1n) is 13.1. The summed E-state index contributed by atoms with van der Waals surface area (Å²) < 4.78 is 70.8. The number of carbonyl (C=O) groups excluding carboxylic acids is 2. The summed E-state index contributed by atoms with van der Waals surface area (Å²) in [6.45, 7) is 2.61. The molecule has 0 radical (unpaired) electrons. The van der Waals surface area contributed by atoms with Crippen molar-refractivity contribution in [1.82, 2.24) is 14.7 Å². The van der Waals surface area contributed by atoms with Crippen molar-refractivity contribution >= 4 is 17.5 Å². The Morgan fingerprint density at radius 2 is 1.50 bits per heavy atom. The van der Waals surface area contributed by atoms with Gasteiger partial charge in [0.1, 0.15) is 17.2 Å². The topological polar surface area (TPSA) is 67.3 Å². The Morgan fingerprint density at radius 3 is 2.00 bits per heavy atom. The number of benzene rings is 2. The number of piperazine rings is 1. The highest BCUT2D eigenvalue weighted by Crippen LogP contribution is 2.52. The number of hydrogen-bond acceptors (Lipinski definition) is 5. The maximum absolute atomic E-state index is 14.6. The van der Waals surface area contributed by atoms with Gasteiger partial charge in [-0.1, -0.05) is 30.3 Å². The first-order chi connectivity index (χ1) is 18.8. The number of halogens is 5. The van der Waals surface area contributed by atoms with Crippen LogP contribution in [0.5, 0.6) is 0 Å². The zero-order valence-corrected chi connectivity index (χ0v) is 22.2. The minimum absolute atomic E-state index is 0.157. The monoisotopic (exact) mass is 566 g/mol. The molecular formula is C28H31F5N4O3. The van der Waals surface area contributed by atoms with Gasteiger partial charge in [-0.05, 0) is 25.0 Å². The van der Waals surface area contributed by atoms with E-state index in [2.05, 4.69) is 4.90 Å². The molecule has 2 aromatic carbocycles. The second kappa shape index (κ2) is 9.99. The minimum atomic E-state index is -5.16. The molecule has 0 unspecified atom stereocenters. The third-order valence-electron chi connectivity index (χ3n) is 8.43. The summed E-state index contributed by atoms with van der Waals surface area (Å²) in [7, 11) is 2.84. The van der Waals surface area contributed by atoms with Gasteiger partial charge in [0.15, 0.2) is 0 Å². The summed E-state index contributed by atoms with van der Waals surface area (Å²) in [5.74, 6) is -3.92. The summed E-state index contributed by atoms with van der Waals surface area (Å²) in [6.07, 6.45) is -3.72. The van der Waals surface area contributed by atoms with Crippen LogP contribution in [0.25, 0.3) is 0 Å². The van der Waals surface area contributed by atoms with Gasteiger partial charge in [-0.3, -0.25) is 14.5 Å². The Labute approximate surface area is 228 Å². The SMILES string of the molecule is CN(C)C(=O)c1c(F)cc(N2CCN(C3CC4(C3)CN(C(=O)[C@](O)(c3ccccc3)C(F)(F)F)C4)CC2)cc1F. The van der Waals surface area contributed by atoms with Gasteiger partial charge in [-0.15, -0.1) is 0 Å². The van der Waals surface area contributed by atoms with Crippen LogP contribution in [-0.4, -0.2) is 97.2 Å². The summed E-state index contributed by atoms with van der Waals surface area (Å²) >= 11 is 0. The molecule has 5 rings (SSSR count). The van der Waals surface area contributed by atoms with Crippen molar-refractivity contribution in [2.75, 3.05) is 58.3 Å². The number of nitrogens with zero attached hydrogens (tertiary/aromatic N) is 4. The van der Waals surface area contributed by atoms with Crippen LogP contribution in [0.1, 0.15) is 28.8 Å². The zero-order valence-electron chi connectivity index (χ0n) is 22.2. The summed E-state index contributed by atoms with van der Waals surface area (Å²) in [5.41, 5.74) is -4.58. The van der Waals surface area contributed by atoms with E-state index in [9.17, 15) is 36.6 Å². The van der Waals surface area contributed by atoms with Gasteiger partial charge in [-0.25, -0.2) is 8.78 Å². The molecule has 2 saturated heterocycles. The third-order valence-corrected chi connectivity index (χ3v) is 8.43. The number of rotatable bonds is 5. The van der Waals surface area contributed by atoms with Crippen molar-refractivity contribution < 1.29 is 36.6 Å². The van der Waals surface area contributed by atoms with Crippen LogP contribution in [0, 0.1) is 17.0 Å². The van der Waals surface area contributed by atoms with Crippen molar-refractivity contribution in [2.45, 2.75) is 30.7 Å². The first kappa shape index (κ1) is 28.3. The fraction of sp³-hybridized carbons (Fsp3) is 0.500. The molecule has 2 amide bonds. The lowest BCUT2D eigenvalue weighted by molar-refractivity contribution is -0.267. The quantitative estimate of drug-likeness (QED) is 0.564. The molecule has 3 fully saturated rings. The normalized spacial score (nSPS) is 21.0. The Hall–Kier alpha value is -3.25. The van der Waals surface area contributed by atoms with E-state index in [1.165, 1.54) is 44.4 Å². The Morgan fingerprint density at radius 1 is 0.950 bits per heavy atom. The Balaban J connectivity index is 1.15. The second-order valence-corrected chi connectivity index (χ2v) is 11.3. The standard InChI is InChI=1S/C28H31F5N4O3/c1-34(2)24(38)23-21(29)12-19(13-22(23)30)35-8-10-36(11-9-35)20-14-26(15-20)16-37(17-26)25(39)27(40,28(31,32)33)18-6-4-3-5-7-18/h3-7,12-13,20,40H,8-11,14-17H2,1-2H3/t27-/m1/s1. The summed E-state index contributed by atoms with van der Waals surface area (Å²) in [5, 5.41) is 10.6. The molecule has 1 aliphatic carbocycles. The Bertz CT molecular complexity index is 1260. The predicted octanol–water partition coefficient (Wildman–Crippen LogP) is 3.23. The molecule has 2 heterocycles. The van der Waals surface area contributed by atoms with E-state index in [0.29, 0.717) is 31.9 Å². The molecule has 1 saturated carbocycles. The van der Waals surface area contributed by atoms with Crippen LogP contribution in [-0.2, 0) is 10.4 Å². The van der Waals surface area contributed by atoms with E-state index >= 15 is 0 Å². The molecular weight excluding hydrogens is 535 g/mol. The number of hydrogen-bond donors (Lipinski definition) is 1. The average molecular weight is 567 g/mol. The molecule has 2 aromatic rings. The van der Waals surface area contributed by atoms with Crippen molar-refractivity contribution in [2.24, 2.45) is 5.41 Å². The van der Waals surface area contributed by atoms with Crippen molar-refractivity contribution in [3.05, 3.63) is 65.2 Å². The lowest BCUT2D eigenvalue weighted by Crippen LogP contribution is -2.71. The van der Waals surface area contributed by atoms with Crippen LogP contribution < -0.4 is 4.90 Å². The second-order valence-electron chi connectivity index (χ2n) is 11.3. The van der Waals surface area contributed by atoms with E-state index in [4.69, 9.17) is 0 Å². The van der Waals surface area contributed by atoms with Crippen LogP contribution in [0.2, 0.25) is 0 Å². The van der Waals surface area contributed by atoms with Crippen LogP contribution in [0.4, 0.5) is 27.6 Å². The lowest BCUT2D eigenvalue weighted by Gasteiger charge is -2.62. The summed E-state index contributed by atoms with van der Waals surface area (Å²) in [4.78, 5) is 31.3. The molecule has 2 aliphatic heterocycles. The van der Waals surface area contributed by atoms with Crippen LogP contribution in [0.3, 0.4) is 0 Å². The molecule has 3 aliphatic rings. The molecule has 1 atom stereocenters. The summed E-state index contributed by atoms with van der Waals surface area (Å²) in [6, 6.07) is 8.95. The van der Waals surface area contributed by atoms with Gasteiger partial charge >= 0.3 is 6.18 Å². The molecule has 12 heteroatoms. The Kier molecular flexibility index (Phi) is 7.06. The van der Waals surface area contributed by atoms with Crippen molar-refractivity contribution in [3.8, 4) is 0 Å². The molecule has 40 heavy (non-hydrogen) atoms. The highest BCUT2D eigenvalue weighted by Gasteiger charge is 2.65. The fourth-order valence-corrected chi connectivity index (χ4v) is 6.20. The fourth-order valence-electron chi connectivity index (χ4n) is 6.20. The van der Waals surface area contributed by atoms with Gasteiger partial charge in [0.05, 0.1) is 0 Å². The predicted molar refractivity (Wildman–Crippen MR) is 137 cm³/mol. The molecule has 1 N–H and O–H groups in total. The third kappa shape index (κ3) is 4.70. The number of carbonyl (C=O) groups is 2. The van der Waals surface area contributed by atoms with Crippen LogP contribution in [0.15, 0.2) is 42.5 Å². The van der Waals surface area contributed by atoms with Crippen LogP contribution >= 0.6 is 0 Å². The highest BCUT2D eigenvalue weighted by atomic mass is 19.4. The lowest BCUT2D eigenvalue weighted by atomic mass is 9.59. The highest BCUT2D eigenvalue weighted by molar-refractivity contribution is 5.95. The molecule has 7 nitrogen and oxygen atoms in total. The molecule has 0 aromatic heterocycles. The van der Waals surface area contributed by atoms with E-state index < -0.39 is 46.4 Å². The zero-order chi connectivity index (χ0) is 29.0. The smallest absolute Gasteiger partial charge is 0.369 e. The van der Waals surface area contributed by atoms with E-state index in [0.717, 1.165) is 34.8 Å².